The number of rotatable bonds is 2. The van der Waals surface area contributed by atoms with Crippen LogP contribution in [0.25, 0.3) is 0 Å². The highest BCUT2D eigenvalue weighted by atomic mass is 16.5. The molecule has 0 bridgehead atoms. The lowest BCUT2D eigenvalue weighted by Gasteiger charge is -2.26. The summed E-state index contributed by atoms with van der Waals surface area (Å²) < 4.78 is 5.83. The Morgan fingerprint density at radius 3 is 2.88 bits per heavy atom. The molecule has 1 aromatic carbocycles. The number of hydrogen-bond acceptors (Lipinski definition) is 3. The van der Waals surface area contributed by atoms with E-state index in [1.807, 2.05) is 18.2 Å². The van der Waals surface area contributed by atoms with Gasteiger partial charge in [0.15, 0.2) is 5.90 Å². The Hall–Kier alpha value is -1.35. The quantitative estimate of drug-likeness (QED) is 0.845. The summed E-state index contributed by atoms with van der Waals surface area (Å²) in [6, 6.07) is 10.5. The normalized spacial score (nSPS) is 31.6. The average molecular weight is 231 g/mol. The summed E-state index contributed by atoms with van der Waals surface area (Å²) >= 11 is 0. The molecule has 0 amide bonds. The Balaban J connectivity index is 1.67. The van der Waals surface area contributed by atoms with Crippen LogP contribution in [0.4, 0.5) is 0 Å². The molecule has 0 aromatic heterocycles. The van der Waals surface area contributed by atoms with Gasteiger partial charge in [0, 0.05) is 12.8 Å². The number of aliphatic hydroxyl groups excluding tert-OH is 1. The third-order valence-electron chi connectivity index (χ3n) is 3.52. The Morgan fingerprint density at radius 2 is 2.06 bits per heavy atom. The van der Waals surface area contributed by atoms with E-state index in [-0.39, 0.29) is 18.2 Å². The fourth-order valence-electron chi connectivity index (χ4n) is 2.61. The standard InChI is InChI=1S/C14H17NO2/c16-11-6-7-12-13(9-11)17-14(15-12)8-10-4-2-1-3-5-10/h1-5,11-13,16H,6-9H2. The third kappa shape index (κ3) is 2.34. The second-order valence-corrected chi connectivity index (χ2v) is 4.88. The second kappa shape index (κ2) is 4.49. The fraction of sp³-hybridized carbons (Fsp3) is 0.500. The SMILES string of the molecule is OC1CCC2N=C(Cc3ccccc3)OC2C1. The number of aliphatic imine (C=N–C) groups is 1. The highest BCUT2D eigenvalue weighted by Crippen LogP contribution is 2.29. The zero-order valence-electron chi connectivity index (χ0n) is 9.75. The minimum absolute atomic E-state index is 0.109. The first kappa shape index (κ1) is 10.8. The van der Waals surface area contributed by atoms with E-state index >= 15 is 0 Å². The smallest absolute Gasteiger partial charge is 0.188 e. The maximum Gasteiger partial charge on any atom is 0.188 e. The second-order valence-electron chi connectivity index (χ2n) is 4.88. The van der Waals surface area contributed by atoms with Gasteiger partial charge in [-0.1, -0.05) is 30.3 Å². The van der Waals surface area contributed by atoms with Crippen LogP contribution in [-0.4, -0.2) is 29.3 Å². The Kier molecular flexibility index (Phi) is 2.85. The van der Waals surface area contributed by atoms with E-state index in [2.05, 4.69) is 17.1 Å². The van der Waals surface area contributed by atoms with E-state index in [0.717, 1.165) is 31.6 Å². The molecule has 2 aliphatic rings. The van der Waals surface area contributed by atoms with Gasteiger partial charge in [-0.05, 0) is 18.4 Å². The van der Waals surface area contributed by atoms with Crippen molar-refractivity contribution in [2.24, 2.45) is 4.99 Å². The molecule has 3 unspecified atom stereocenters. The van der Waals surface area contributed by atoms with Gasteiger partial charge in [-0.15, -0.1) is 0 Å². The van der Waals surface area contributed by atoms with Crippen molar-refractivity contribution in [2.75, 3.05) is 0 Å². The van der Waals surface area contributed by atoms with E-state index < -0.39 is 0 Å². The first-order valence-corrected chi connectivity index (χ1v) is 6.26. The van der Waals surface area contributed by atoms with Gasteiger partial charge in [0.05, 0.1) is 12.1 Å². The summed E-state index contributed by atoms with van der Waals surface area (Å²) in [4.78, 5) is 4.62. The lowest BCUT2D eigenvalue weighted by molar-refractivity contribution is 0.0497. The molecule has 3 atom stereocenters. The van der Waals surface area contributed by atoms with Gasteiger partial charge in [0.1, 0.15) is 6.10 Å². The molecule has 1 N–H and O–H groups in total. The van der Waals surface area contributed by atoms with Crippen molar-refractivity contribution >= 4 is 5.90 Å². The summed E-state index contributed by atoms with van der Waals surface area (Å²) in [5.41, 5.74) is 1.23. The van der Waals surface area contributed by atoms with Crippen LogP contribution in [0.3, 0.4) is 0 Å². The van der Waals surface area contributed by atoms with Crippen molar-refractivity contribution in [1.82, 2.24) is 0 Å². The molecule has 1 fully saturated rings. The number of aliphatic hydroxyl groups is 1. The lowest BCUT2D eigenvalue weighted by atomic mass is 9.91. The molecule has 1 aromatic rings. The molecular formula is C14H17NO2. The number of hydrogen-bond donors (Lipinski definition) is 1. The minimum Gasteiger partial charge on any atom is -0.475 e. The monoisotopic (exact) mass is 231 g/mol. The summed E-state index contributed by atoms with van der Waals surface area (Å²) in [7, 11) is 0. The number of nitrogens with zero attached hydrogens (tertiary/aromatic N) is 1. The van der Waals surface area contributed by atoms with Gasteiger partial charge >= 0.3 is 0 Å². The predicted octanol–water partition coefficient (Wildman–Crippen LogP) is 1.94. The highest BCUT2D eigenvalue weighted by Gasteiger charge is 2.36. The Labute approximate surface area is 101 Å². The third-order valence-corrected chi connectivity index (χ3v) is 3.52. The van der Waals surface area contributed by atoms with Gasteiger partial charge < -0.3 is 9.84 Å². The van der Waals surface area contributed by atoms with Gasteiger partial charge in [0.25, 0.3) is 0 Å². The summed E-state index contributed by atoms with van der Waals surface area (Å²) in [6.07, 6.45) is 3.20. The predicted molar refractivity (Wildman–Crippen MR) is 66.1 cm³/mol. The van der Waals surface area contributed by atoms with E-state index in [4.69, 9.17) is 4.74 Å². The molecule has 17 heavy (non-hydrogen) atoms. The van der Waals surface area contributed by atoms with Crippen LogP contribution in [0.1, 0.15) is 24.8 Å². The van der Waals surface area contributed by atoms with Crippen molar-refractivity contribution in [3.8, 4) is 0 Å². The zero-order valence-corrected chi connectivity index (χ0v) is 9.75. The van der Waals surface area contributed by atoms with Gasteiger partial charge in [0.2, 0.25) is 0 Å². The van der Waals surface area contributed by atoms with E-state index in [9.17, 15) is 5.11 Å². The molecule has 90 valence electrons. The molecule has 3 nitrogen and oxygen atoms in total. The van der Waals surface area contributed by atoms with E-state index in [1.54, 1.807) is 0 Å². The number of ether oxygens (including phenoxy) is 1. The molecular weight excluding hydrogens is 214 g/mol. The van der Waals surface area contributed by atoms with Crippen LogP contribution in [0.15, 0.2) is 35.3 Å². The van der Waals surface area contributed by atoms with Gasteiger partial charge in [-0.25, -0.2) is 4.99 Å². The van der Waals surface area contributed by atoms with Crippen LogP contribution in [-0.2, 0) is 11.2 Å². The van der Waals surface area contributed by atoms with Gasteiger partial charge in [-0.3, -0.25) is 0 Å². The summed E-state index contributed by atoms with van der Waals surface area (Å²) in [6.45, 7) is 0. The van der Waals surface area contributed by atoms with Crippen LogP contribution in [0.5, 0.6) is 0 Å². The van der Waals surface area contributed by atoms with Crippen LogP contribution in [0.2, 0.25) is 0 Å². The van der Waals surface area contributed by atoms with E-state index in [1.165, 1.54) is 5.56 Å². The molecule has 3 rings (SSSR count). The van der Waals surface area contributed by atoms with Crippen molar-refractivity contribution in [1.29, 1.82) is 0 Å². The fourth-order valence-corrected chi connectivity index (χ4v) is 2.61. The van der Waals surface area contributed by atoms with Gasteiger partial charge in [-0.2, -0.15) is 0 Å². The van der Waals surface area contributed by atoms with Crippen molar-refractivity contribution < 1.29 is 9.84 Å². The summed E-state index contributed by atoms with van der Waals surface area (Å²) in [5, 5.41) is 9.60. The molecule has 0 spiro atoms. The van der Waals surface area contributed by atoms with Crippen molar-refractivity contribution in [2.45, 2.75) is 43.9 Å². The van der Waals surface area contributed by atoms with Crippen molar-refractivity contribution in [3.05, 3.63) is 35.9 Å². The topological polar surface area (TPSA) is 41.8 Å². The van der Waals surface area contributed by atoms with Crippen LogP contribution >= 0.6 is 0 Å². The Morgan fingerprint density at radius 1 is 1.24 bits per heavy atom. The molecule has 1 aliphatic carbocycles. The maximum atomic E-state index is 9.60. The molecule has 1 saturated carbocycles. The highest BCUT2D eigenvalue weighted by molar-refractivity contribution is 5.80. The minimum atomic E-state index is -0.206. The first-order chi connectivity index (χ1) is 8.31. The zero-order chi connectivity index (χ0) is 11.7. The Bertz CT molecular complexity index is 415. The van der Waals surface area contributed by atoms with Crippen LogP contribution < -0.4 is 0 Å². The number of benzene rings is 1. The number of fused-ring (bicyclic) bond motifs is 1. The molecule has 0 radical (unpaired) electrons. The molecule has 1 aliphatic heterocycles. The summed E-state index contributed by atoms with van der Waals surface area (Å²) in [5.74, 6) is 0.834. The van der Waals surface area contributed by atoms with Crippen molar-refractivity contribution in [3.63, 3.8) is 0 Å². The molecule has 1 heterocycles. The average Bonchev–Trinajstić information content (AvgIpc) is 2.71. The van der Waals surface area contributed by atoms with Crippen LogP contribution in [0, 0.1) is 0 Å². The lowest BCUT2D eigenvalue weighted by Crippen LogP contribution is -2.33. The largest absolute Gasteiger partial charge is 0.475 e. The molecule has 0 saturated heterocycles. The first-order valence-electron chi connectivity index (χ1n) is 6.26. The van der Waals surface area contributed by atoms with E-state index in [0.29, 0.717) is 0 Å². The maximum absolute atomic E-state index is 9.60. The molecule has 3 heteroatoms.